The van der Waals surface area contributed by atoms with Gasteiger partial charge in [0.15, 0.2) is 0 Å². The van der Waals surface area contributed by atoms with E-state index in [1.165, 1.54) is 6.92 Å². The van der Waals surface area contributed by atoms with Crippen LogP contribution < -0.4 is 10.6 Å². The zero-order valence-electron chi connectivity index (χ0n) is 10.9. The molecule has 0 radical (unpaired) electrons. The Morgan fingerprint density at radius 2 is 1.85 bits per heavy atom. The molecule has 0 heterocycles. The smallest absolute Gasteiger partial charge is 0.265 e. The van der Waals surface area contributed by atoms with E-state index < -0.39 is 25.0 Å². The first kappa shape index (κ1) is 16.0. The van der Waals surface area contributed by atoms with E-state index in [-0.39, 0.29) is 12.3 Å². The Kier molecular flexibility index (Phi) is 6.05. The number of halogens is 2. The molecule has 2 amide bonds. The summed E-state index contributed by atoms with van der Waals surface area (Å²) in [5.74, 6) is -0.659. The maximum atomic E-state index is 12.0. The lowest BCUT2D eigenvalue weighted by atomic mass is 10.1. The van der Waals surface area contributed by atoms with Crippen LogP contribution in [0.15, 0.2) is 24.3 Å². The predicted molar refractivity (Wildman–Crippen MR) is 69.5 cm³/mol. The zero-order valence-corrected chi connectivity index (χ0v) is 10.9. The van der Waals surface area contributed by atoms with Crippen LogP contribution in [0.5, 0.6) is 0 Å². The first-order valence-electron chi connectivity index (χ1n) is 5.98. The standard InChI is InChI=1S/C13H16F2N2O3/c1-8(18)17-10-4-2-9(3-5-10)6-12(20)16-7-11(19)13(14)15/h2-5,11,13,19H,6-7H2,1H3,(H,16,20)(H,17,18). The molecule has 1 unspecified atom stereocenters. The molecule has 0 fully saturated rings. The van der Waals surface area contributed by atoms with Crippen molar-refractivity contribution in [2.45, 2.75) is 25.9 Å². The van der Waals surface area contributed by atoms with Crippen LogP contribution in [0.25, 0.3) is 0 Å². The molecule has 1 aromatic carbocycles. The second kappa shape index (κ2) is 7.54. The number of amides is 2. The number of anilines is 1. The molecule has 0 bridgehead atoms. The van der Waals surface area contributed by atoms with Crippen molar-refractivity contribution in [1.82, 2.24) is 5.32 Å². The fourth-order valence-corrected chi connectivity index (χ4v) is 1.46. The average molecular weight is 286 g/mol. The van der Waals surface area contributed by atoms with E-state index in [0.29, 0.717) is 11.3 Å². The minimum absolute atomic E-state index is 0.0102. The Labute approximate surface area is 115 Å². The van der Waals surface area contributed by atoms with E-state index in [1.807, 2.05) is 0 Å². The lowest BCUT2D eigenvalue weighted by Gasteiger charge is -2.10. The van der Waals surface area contributed by atoms with Gasteiger partial charge in [-0.2, -0.15) is 0 Å². The van der Waals surface area contributed by atoms with Crippen LogP contribution in [0.3, 0.4) is 0 Å². The first-order chi connectivity index (χ1) is 9.38. The fourth-order valence-electron chi connectivity index (χ4n) is 1.46. The summed E-state index contributed by atoms with van der Waals surface area (Å²) in [5, 5.41) is 13.7. The largest absolute Gasteiger partial charge is 0.385 e. The first-order valence-corrected chi connectivity index (χ1v) is 5.98. The van der Waals surface area contributed by atoms with Crippen LogP contribution in [0, 0.1) is 0 Å². The summed E-state index contributed by atoms with van der Waals surface area (Å²) in [6.45, 7) is 0.899. The number of hydrogen-bond donors (Lipinski definition) is 3. The number of aliphatic hydroxyl groups excluding tert-OH is 1. The number of rotatable bonds is 6. The normalized spacial score (nSPS) is 12.1. The molecule has 5 nitrogen and oxygen atoms in total. The maximum Gasteiger partial charge on any atom is 0.265 e. The number of hydrogen-bond acceptors (Lipinski definition) is 3. The van der Waals surface area contributed by atoms with Crippen LogP contribution in [0.2, 0.25) is 0 Å². The van der Waals surface area contributed by atoms with Crippen LogP contribution >= 0.6 is 0 Å². The minimum atomic E-state index is -2.88. The summed E-state index contributed by atoms with van der Waals surface area (Å²) >= 11 is 0. The van der Waals surface area contributed by atoms with Gasteiger partial charge in [-0.25, -0.2) is 8.78 Å². The van der Waals surface area contributed by atoms with Crippen molar-refractivity contribution in [2.24, 2.45) is 0 Å². The van der Waals surface area contributed by atoms with E-state index >= 15 is 0 Å². The molecule has 1 aromatic rings. The Balaban J connectivity index is 2.44. The van der Waals surface area contributed by atoms with Crippen molar-refractivity contribution in [3.8, 4) is 0 Å². The Morgan fingerprint density at radius 1 is 1.25 bits per heavy atom. The average Bonchev–Trinajstić information content (AvgIpc) is 2.37. The summed E-state index contributed by atoms with van der Waals surface area (Å²) < 4.78 is 24.0. The van der Waals surface area contributed by atoms with Gasteiger partial charge in [0, 0.05) is 19.2 Å². The van der Waals surface area contributed by atoms with E-state index in [2.05, 4.69) is 10.6 Å². The molecular weight excluding hydrogens is 270 g/mol. The molecule has 3 N–H and O–H groups in total. The molecule has 0 aliphatic rings. The molecule has 1 atom stereocenters. The van der Waals surface area contributed by atoms with Crippen LogP contribution in [0.4, 0.5) is 14.5 Å². The highest BCUT2D eigenvalue weighted by Crippen LogP contribution is 2.10. The maximum absolute atomic E-state index is 12.0. The molecule has 20 heavy (non-hydrogen) atoms. The Bertz CT molecular complexity index is 463. The predicted octanol–water partition coefficient (Wildman–Crippen LogP) is 0.930. The third-order valence-electron chi connectivity index (χ3n) is 2.44. The number of carbonyl (C=O) groups is 2. The molecule has 0 saturated heterocycles. The van der Waals surface area contributed by atoms with Crippen molar-refractivity contribution in [3.63, 3.8) is 0 Å². The van der Waals surface area contributed by atoms with Gasteiger partial charge in [0.25, 0.3) is 6.43 Å². The number of carbonyl (C=O) groups excluding carboxylic acids is 2. The van der Waals surface area contributed by atoms with Crippen LogP contribution in [-0.2, 0) is 16.0 Å². The summed E-state index contributed by atoms with van der Waals surface area (Å²) in [7, 11) is 0. The van der Waals surface area contributed by atoms with Crippen molar-refractivity contribution < 1.29 is 23.5 Å². The lowest BCUT2D eigenvalue weighted by molar-refractivity contribution is -0.121. The highest BCUT2D eigenvalue weighted by atomic mass is 19.3. The van der Waals surface area contributed by atoms with E-state index in [9.17, 15) is 18.4 Å². The van der Waals surface area contributed by atoms with Crippen LogP contribution in [-0.4, -0.2) is 36.0 Å². The molecule has 0 aromatic heterocycles. The van der Waals surface area contributed by atoms with Crippen molar-refractivity contribution in [2.75, 3.05) is 11.9 Å². The third-order valence-corrected chi connectivity index (χ3v) is 2.44. The number of alkyl halides is 2. The van der Waals surface area contributed by atoms with Crippen molar-refractivity contribution in [1.29, 1.82) is 0 Å². The molecule has 7 heteroatoms. The quantitative estimate of drug-likeness (QED) is 0.728. The summed E-state index contributed by atoms with van der Waals surface area (Å²) in [4.78, 5) is 22.3. The Morgan fingerprint density at radius 3 is 2.35 bits per heavy atom. The van der Waals surface area contributed by atoms with Gasteiger partial charge in [0.05, 0.1) is 6.42 Å². The molecule has 0 aliphatic carbocycles. The highest BCUT2D eigenvalue weighted by Gasteiger charge is 2.17. The number of nitrogens with one attached hydrogen (secondary N) is 2. The van der Waals surface area contributed by atoms with Gasteiger partial charge in [0.2, 0.25) is 11.8 Å². The van der Waals surface area contributed by atoms with Gasteiger partial charge < -0.3 is 15.7 Å². The Hall–Kier alpha value is -2.02. The zero-order chi connectivity index (χ0) is 15.1. The number of benzene rings is 1. The van der Waals surface area contributed by atoms with E-state index in [0.717, 1.165) is 0 Å². The molecular formula is C13H16F2N2O3. The summed E-state index contributed by atoms with van der Waals surface area (Å²) in [6, 6.07) is 6.57. The van der Waals surface area contributed by atoms with Gasteiger partial charge in [-0.1, -0.05) is 12.1 Å². The highest BCUT2D eigenvalue weighted by molar-refractivity contribution is 5.88. The van der Waals surface area contributed by atoms with Crippen molar-refractivity contribution in [3.05, 3.63) is 29.8 Å². The summed E-state index contributed by atoms with van der Waals surface area (Å²) in [6.07, 6.45) is -4.73. The molecule has 1 rings (SSSR count). The van der Waals surface area contributed by atoms with E-state index in [4.69, 9.17) is 5.11 Å². The third kappa shape index (κ3) is 5.75. The molecule has 0 aliphatic heterocycles. The second-order valence-corrected chi connectivity index (χ2v) is 4.26. The lowest BCUT2D eigenvalue weighted by Crippen LogP contribution is -2.36. The molecule has 0 spiro atoms. The summed E-state index contributed by atoms with van der Waals surface area (Å²) in [5.41, 5.74) is 1.28. The second-order valence-electron chi connectivity index (χ2n) is 4.26. The molecule has 0 saturated carbocycles. The van der Waals surface area contributed by atoms with Gasteiger partial charge in [-0.3, -0.25) is 9.59 Å². The van der Waals surface area contributed by atoms with E-state index in [1.54, 1.807) is 24.3 Å². The topological polar surface area (TPSA) is 78.4 Å². The van der Waals surface area contributed by atoms with Gasteiger partial charge in [-0.05, 0) is 17.7 Å². The van der Waals surface area contributed by atoms with Gasteiger partial charge in [-0.15, -0.1) is 0 Å². The fraction of sp³-hybridized carbons (Fsp3) is 0.385. The molecule has 110 valence electrons. The minimum Gasteiger partial charge on any atom is -0.385 e. The SMILES string of the molecule is CC(=O)Nc1ccc(CC(=O)NCC(O)C(F)F)cc1. The van der Waals surface area contributed by atoms with Crippen molar-refractivity contribution >= 4 is 17.5 Å². The monoisotopic (exact) mass is 286 g/mol. The van der Waals surface area contributed by atoms with Crippen LogP contribution in [0.1, 0.15) is 12.5 Å². The number of aliphatic hydroxyl groups is 1. The van der Waals surface area contributed by atoms with Gasteiger partial charge in [0.1, 0.15) is 6.10 Å². The van der Waals surface area contributed by atoms with Gasteiger partial charge >= 0.3 is 0 Å².